The lowest BCUT2D eigenvalue weighted by molar-refractivity contribution is -0.151. The molecule has 0 unspecified atom stereocenters. The fraction of sp³-hybridized carbons (Fsp3) is 0.500. The number of alkyl halides is 2. The maximum Gasteiger partial charge on any atom is 0.387 e. The highest BCUT2D eigenvalue weighted by Gasteiger charge is 2.26. The molecule has 190 valence electrons. The zero-order valence-corrected chi connectivity index (χ0v) is 20.5. The van der Waals surface area contributed by atoms with Crippen LogP contribution in [0.5, 0.6) is 11.5 Å². The Morgan fingerprint density at radius 3 is 2.51 bits per heavy atom. The van der Waals surface area contributed by atoms with Gasteiger partial charge < -0.3 is 19.5 Å². The van der Waals surface area contributed by atoms with Crippen molar-refractivity contribution in [3.05, 3.63) is 51.8 Å². The Hall–Kier alpha value is -2.20. The summed E-state index contributed by atoms with van der Waals surface area (Å²) in [6.45, 7) is 0.609. The van der Waals surface area contributed by atoms with Crippen molar-refractivity contribution in [3.8, 4) is 11.5 Å². The summed E-state index contributed by atoms with van der Waals surface area (Å²) >= 11 is 12.7. The first kappa shape index (κ1) is 25.9. The number of nitrogens with zero attached hydrogens (tertiary/aromatic N) is 2. The molecule has 7 nitrogen and oxygen atoms in total. The van der Waals surface area contributed by atoms with Crippen molar-refractivity contribution in [1.82, 2.24) is 15.2 Å². The molecule has 11 heteroatoms. The molecule has 2 fully saturated rings. The summed E-state index contributed by atoms with van der Waals surface area (Å²) in [5.74, 6) is 0.0896. The summed E-state index contributed by atoms with van der Waals surface area (Å²) in [7, 11) is 0. The fourth-order valence-corrected chi connectivity index (χ4v) is 4.34. The fourth-order valence-electron chi connectivity index (χ4n) is 3.82. The molecule has 35 heavy (non-hydrogen) atoms. The molecule has 2 aromatic rings. The number of carbonyl (C=O) groups excluding carboxylic acids is 1. The molecule has 1 aromatic heterocycles. The van der Waals surface area contributed by atoms with E-state index in [4.69, 9.17) is 32.7 Å². The maximum atomic E-state index is 13.0. The molecule has 0 spiro atoms. The summed E-state index contributed by atoms with van der Waals surface area (Å²) in [6, 6.07) is 4.55. The number of esters is 1. The highest BCUT2D eigenvalue weighted by molar-refractivity contribution is 6.35. The molecular weight excluding hydrogens is 503 g/mol. The third-order valence-corrected chi connectivity index (χ3v) is 6.56. The molecule has 1 aliphatic carbocycles. The molecule has 1 atom stereocenters. The molecule has 1 aromatic carbocycles. The van der Waals surface area contributed by atoms with Crippen molar-refractivity contribution < 1.29 is 27.8 Å². The summed E-state index contributed by atoms with van der Waals surface area (Å²) in [5.41, 5.74) is 1.12. The van der Waals surface area contributed by atoms with Crippen molar-refractivity contribution in [2.24, 2.45) is 5.92 Å². The van der Waals surface area contributed by atoms with E-state index >= 15 is 0 Å². The Kier molecular flexibility index (Phi) is 8.99. The molecule has 1 saturated heterocycles. The summed E-state index contributed by atoms with van der Waals surface area (Å²) in [5, 5.41) is 3.91. The van der Waals surface area contributed by atoms with Crippen LogP contribution >= 0.6 is 23.2 Å². The topological polar surface area (TPSA) is 72.9 Å². The predicted octanol–water partition coefficient (Wildman–Crippen LogP) is 4.51. The third kappa shape index (κ3) is 7.64. The van der Waals surface area contributed by atoms with Gasteiger partial charge in [0.15, 0.2) is 11.5 Å². The third-order valence-electron chi connectivity index (χ3n) is 5.90. The molecule has 2 heterocycles. The van der Waals surface area contributed by atoms with Gasteiger partial charge >= 0.3 is 12.6 Å². The molecule has 1 N–H and O–H groups in total. The number of ether oxygens (including phenoxy) is 3. The lowest BCUT2D eigenvalue weighted by Gasteiger charge is -2.27. The van der Waals surface area contributed by atoms with E-state index in [-0.39, 0.29) is 24.5 Å². The Morgan fingerprint density at radius 2 is 1.86 bits per heavy atom. The van der Waals surface area contributed by atoms with Gasteiger partial charge in [-0.2, -0.15) is 8.78 Å². The minimum Gasteiger partial charge on any atom is -0.489 e. The van der Waals surface area contributed by atoms with Crippen LogP contribution in [0.1, 0.15) is 30.1 Å². The van der Waals surface area contributed by atoms with E-state index in [0.29, 0.717) is 33.7 Å². The van der Waals surface area contributed by atoms with E-state index in [2.05, 4.69) is 15.0 Å². The quantitative estimate of drug-likeness (QED) is 0.429. The predicted molar refractivity (Wildman–Crippen MR) is 127 cm³/mol. The van der Waals surface area contributed by atoms with Crippen molar-refractivity contribution in [3.63, 3.8) is 0 Å². The monoisotopic (exact) mass is 529 g/mol. The van der Waals surface area contributed by atoms with Gasteiger partial charge in [-0.3, -0.25) is 14.7 Å². The van der Waals surface area contributed by atoms with E-state index in [1.165, 1.54) is 18.5 Å². The molecule has 4 rings (SSSR count). The van der Waals surface area contributed by atoms with Crippen LogP contribution in [0, 0.1) is 5.92 Å². The van der Waals surface area contributed by atoms with Crippen molar-refractivity contribution in [2.75, 3.05) is 39.3 Å². The number of carbonyl (C=O) groups is 1. The van der Waals surface area contributed by atoms with E-state index in [9.17, 15) is 13.6 Å². The molecule has 1 saturated carbocycles. The van der Waals surface area contributed by atoms with Crippen LogP contribution in [0.3, 0.4) is 0 Å². The normalized spacial score (nSPS) is 17.3. The van der Waals surface area contributed by atoms with Gasteiger partial charge in [0.2, 0.25) is 0 Å². The van der Waals surface area contributed by atoms with Crippen molar-refractivity contribution >= 4 is 29.2 Å². The second kappa shape index (κ2) is 12.2. The van der Waals surface area contributed by atoms with Gasteiger partial charge in [0.1, 0.15) is 6.10 Å². The van der Waals surface area contributed by atoms with E-state index in [0.717, 1.165) is 39.0 Å². The smallest absolute Gasteiger partial charge is 0.387 e. The lowest BCUT2D eigenvalue weighted by atomic mass is 10.0. The summed E-state index contributed by atoms with van der Waals surface area (Å²) < 4.78 is 42.2. The Balaban J connectivity index is 1.59. The minimum atomic E-state index is -2.99. The summed E-state index contributed by atoms with van der Waals surface area (Å²) in [6.07, 6.45) is 4.39. The molecule has 0 amide bonds. The minimum absolute atomic E-state index is 0.0738. The number of piperazine rings is 1. The number of hydrogen-bond acceptors (Lipinski definition) is 7. The number of halogens is 4. The SMILES string of the molecule is O=C(CN1CCNCC1)O[C@@H](Cc1c(Cl)cncc1Cl)c1ccc(OC(F)F)c(OCC2CC2)c1. The Bertz CT molecular complexity index is 1000. The van der Waals surface area contributed by atoms with Gasteiger partial charge in [0.05, 0.1) is 23.2 Å². The highest BCUT2D eigenvalue weighted by atomic mass is 35.5. The van der Waals surface area contributed by atoms with E-state index in [1.807, 2.05) is 4.90 Å². The van der Waals surface area contributed by atoms with Gasteiger partial charge in [-0.15, -0.1) is 0 Å². The number of nitrogens with one attached hydrogen (secondary N) is 1. The number of hydrogen-bond donors (Lipinski definition) is 1. The van der Waals surface area contributed by atoms with Crippen LogP contribution in [0.15, 0.2) is 30.6 Å². The number of pyridine rings is 1. The molecule has 2 aliphatic rings. The number of benzene rings is 1. The van der Waals surface area contributed by atoms with Crippen molar-refractivity contribution in [2.45, 2.75) is 32.0 Å². The second-order valence-electron chi connectivity index (χ2n) is 8.63. The van der Waals surface area contributed by atoms with Gasteiger partial charge in [-0.25, -0.2) is 0 Å². The first-order chi connectivity index (χ1) is 16.9. The largest absolute Gasteiger partial charge is 0.489 e. The van der Waals surface area contributed by atoms with Gasteiger partial charge in [-0.05, 0) is 42.0 Å². The second-order valence-corrected chi connectivity index (χ2v) is 9.44. The number of rotatable bonds is 11. The van der Waals surface area contributed by atoms with Gasteiger partial charge in [0, 0.05) is 45.0 Å². The zero-order chi connectivity index (χ0) is 24.8. The zero-order valence-electron chi connectivity index (χ0n) is 19.0. The lowest BCUT2D eigenvalue weighted by Crippen LogP contribution is -2.45. The van der Waals surface area contributed by atoms with Crippen LogP contribution in [0.25, 0.3) is 0 Å². The molecule has 1 aliphatic heterocycles. The van der Waals surface area contributed by atoms with Crippen LogP contribution in [-0.2, 0) is 16.0 Å². The standard InChI is InChI=1S/C24H27Cl2F2N3O4/c25-18-11-30-12-19(26)17(18)10-21(34-23(32)13-31-7-5-29-6-8-31)16-3-4-20(35-24(27)28)22(9-16)33-14-15-1-2-15/h3-4,9,11-12,15,21,24,29H,1-2,5-8,10,13-14H2/t21-/m0/s1. The molecular formula is C24H27Cl2F2N3O4. The number of aromatic nitrogens is 1. The van der Waals surface area contributed by atoms with E-state index in [1.54, 1.807) is 12.1 Å². The maximum absolute atomic E-state index is 13.0. The van der Waals surface area contributed by atoms with E-state index < -0.39 is 18.7 Å². The summed E-state index contributed by atoms with van der Waals surface area (Å²) in [4.78, 5) is 18.8. The Labute approximate surface area is 212 Å². The molecule has 0 bridgehead atoms. The first-order valence-electron chi connectivity index (χ1n) is 11.5. The van der Waals surface area contributed by atoms with Crippen LogP contribution in [0.2, 0.25) is 10.0 Å². The van der Waals surface area contributed by atoms with Crippen LogP contribution < -0.4 is 14.8 Å². The van der Waals surface area contributed by atoms with Crippen LogP contribution in [-0.4, -0.2) is 61.8 Å². The first-order valence-corrected chi connectivity index (χ1v) is 12.3. The van der Waals surface area contributed by atoms with Crippen LogP contribution in [0.4, 0.5) is 8.78 Å². The highest BCUT2D eigenvalue weighted by Crippen LogP contribution is 2.37. The average molecular weight is 530 g/mol. The molecule has 0 radical (unpaired) electrons. The Morgan fingerprint density at radius 1 is 1.14 bits per heavy atom. The average Bonchev–Trinajstić information content (AvgIpc) is 3.65. The van der Waals surface area contributed by atoms with Gasteiger partial charge in [-0.1, -0.05) is 29.3 Å². The van der Waals surface area contributed by atoms with Crippen molar-refractivity contribution in [1.29, 1.82) is 0 Å². The van der Waals surface area contributed by atoms with Gasteiger partial charge in [0.25, 0.3) is 0 Å².